The third kappa shape index (κ3) is 3.56. The van der Waals surface area contributed by atoms with E-state index in [0.29, 0.717) is 19.0 Å². The fourth-order valence-electron chi connectivity index (χ4n) is 4.68. The Morgan fingerprint density at radius 2 is 1.50 bits per heavy atom. The van der Waals surface area contributed by atoms with Crippen molar-refractivity contribution in [2.75, 3.05) is 6.54 Å². The van der Waals surface area contributed by atoms with Crippen LogP contribution in [0.25, 0.3) is 0 Å². The largest absolute Gasteiger partial charge is 0.342 e. The number of amides is 2. The molecule has 146 valence electrons. The number of carbonyl (C=O) groups excluding carboxylic acids is 2. The molecule has 1 aliphatic heterocycles. The smallest absolute Gasteiger partial charge is 0.226 e. The first kappa shape index (κ1) is 18.7. The van der Waals surface area contributed by atoms with Gasteiger partial charge in [0.2, 0.25) is 11.8 Å². The molecule has 1 aliphatic carbocycles. The number of hydrogen-bond acceptors (Lipinski definition) is 2. The van der Waals surface area contributed by atoms with Gasteiger partial charge < -0.3 is 10.2 Å². The van der Waals surface area contributed by atoms with Gasteiger partial charge in [0, 0.05) is 19.0 Å². The molecule has 1 saturated heterocycles. The first-order chi connectivity index (χ1) is 13.6. The maximum absolute atomic E-state index is 13.2. The van der Waals surface area contributed by atoms with Crippen molar-refractivity contribution in [2.24, 2.45) is 5.92 Å². The summed E-state index contributed by atoms with van der Waals surface area (Å²) in [5.41, 5.74) is 1.43. The number of carbonyl (C=O) groups is 2. The Morgan fingerprint density at radius 1 is 0.964 bits per heavy atom. The van der Waals surface area contributed by atoms with Crippen LogP contribution in [0.2, 0.25) is 0 Å². The van der Waals surface area contributed by atoms with E-state index in [2.05, 4.69) is 5.32 Å². The summed E-state index contributed by atoms with van der Waals surface area (Å²) in [6.45, 7) is 2.59. The zero-order chi connectivity index (χ0) is 19.6. The Balaban J connectivity index is 1.56. The summed E-state index contributed by atoms with van der Waals surface area (Å²) < 4.78 is 0. The van der Waals surface area contributed by atoms with E-state index in [1.807, 2.05) is 72.5 Å². The van der Waals surface area contributed by atoms with E-state index in [0.717, 1.165) is 24.0 Å². The quantitative estimate of drug-likeness (QED) is 0.861. The van der Waals surface area contributed by atoms with E-state index in [-0.39, 0.29) is 17.7 Å². The van der Waals surface area contributed by atoms with Crippen molar-refractivity contribution in [2.45, 2.75) is 50.6 Å². The molecular weight excluding hydrogens is 348 g/mol. The fourth-order valence-corrected chi connectivity index (χ4v) is 4.68. The maximum atomic E-state index is 13.2. The molecule has 2 aromatic carbocycles. The number of nitrogens with one attached hydrogen (secondary N) is 1. The van der Waals surface area contributed by atoms with E-state index in [1.165, 1.54) is 12.8 Å². The van der Waals surface area contributed by atoms with E-state index in [1.54, 1.807) is 0 Å². The minimum absolute atomic E-state index is 0.0379. The van der Waals surface area contributed by atoms with Gasteiger partial charge in [-0.05, 0) is 30.9 Å². The van der Waals surface area contributed by atoms with Gasteiger partial charge in [0.1, 0.15) is 0 Å². The highest BCUT2D eigenvalue weighted by Crippen LogP contribution is 2.32. The first-order valence-electron chi connectivity index (χ1n) is 10.3. The predicted molar refractivity (Wildman–Crippen MR) is 110 cm³/mol. The minimum atomic E-state index is -0.635. The fraction of sp³-hybridized carbons (Fsp3) is 0.417. The molecule has 4 heteroatoms. The number of likely N-dealkylation sites (tertiary alicyclic amines) is 1. The second-order valence-corrected chi connectivity index (χ2v) is 8.23. The van der Waals surface area contributed by atoms with Gasteiger partial charge in [-0.25, -0.2) is 0 Å². The molecule has 2 amide bonds. The summed E-state index contributed by atoms with van der Waals surface area (Å²) in [4.78, 5) is 27.7. The molecule has 2 aromatic rings. The highest BCUT2D eigenvalue weighted by molar-refractivity contribution is 5.90. The Kier molecular flexibility index (Phi) is 5.21. The topological polar surface area (TPSA) is 49.4 Å². The third-order valence-corrected chi connectivity index (χ3v) is 6.37. The van der Waals surface area contributed by atoms with Gasteiger partial charge in [-0.2, -0.15) is 0 Å². The minimum Gasteiger partial charge on any atom is -0.342 e. The summed E-state index contributed by atoms with van der Waals surface area (Å²) >= 11 is 0. The van der Waals surface area contributed by atoms with E-state index in [9.17, 15) is 9.59 Å². The molecule has 0 spiro atoms. The maximum Gasteiger partial charge on any atom is 0.226 e. The standard InChI is InChI=1S/C24H28N2O2/c1-24(19-10-4-2-5-11-19,20-12-6-3-7-13-20)25-23(28)18-16-22(27)26(17-18)21-14-8-9-15-21/h2-7,10-13,18,21H,8-9,14-17H2,1H3,(H,25,28). The molecule has 2 aliphatic rings. The molecule has 1 heterocycles. The molecule has 4 rings (SSSR count). The number of rotatable bonds is 5. The summed E-state index contributed by atoms with van der Waals surface area (Å²) in [6, 6.07) is 20.4. The summed E-state index contributed by atoms with van der Waals surface area (Å²) in [6.07, 6.45) is 4.84. The summed E-state index contributed by atoms with van der Waals surface area (Å²) in [5, 5.41) is 3.28. The lowest BCUT2D eigenvalue weighted by Crippen LogP contribution is -2.47. The van der Waals surface area contributed by atoms with Crippen molar-refractivity contribution in [3.05, 3.63) is 71.8 Å². The van der Waals surface area contributed by atoms with Gasteiger partial charge in [0.15, 0.2) is 0 Å². The second-order valence-electron chi connectivity index (χ2n) is 8.23. The Labute approximate surface area is 166 Å². The van der Waals surface area contributed by atoms with Crippen LogP contribution < -0.4 is 5.32 Å². The van der Waals surface area contributed by atoms with Crippen LogP contribution in [-0.2, 0) is 15.1 Å². The molecule has 4 nitrogen and oxygen atoms in total. The van der Waals surface area contributed by atoms with Crippen LogP contribution >= 0.6 is 0 Å². The molecule has 1 unspecified atom stereocenters. The SMILES string of the molecule is CC(NC(=O)C1CC(=O)N(C2CCCC2)C1)(c1ccccc1)c1ccccc1. The number of benzene rings is 2. The average Bonchev–Trinajstić information content (AvgIpc) is 3.39. The van der Waals surface area contributed by atoms with Crippen molar-refractivity contribution in [1.82, 2.24) is 10.2 Å². The summed E-state index contributed by atoms with van der Waals surface area (Å²) in [7, 11) is 0. The van der Waals surface area contributed by atoms with E-state index in [4.69, 9.17) is 0 Å². The molecule has 1 atom stereocenters. The van der Waals surface area contributed by atoms with E-state index >= 15 is 0 Å². The summed E-state index contributed by atoms with van der Waals surface area (Å²) in [5.74, 6) is -0.183. The van der Waals surface area contributed by atoms with Crippen LogP contribution in [0.1, 0.15) is 50.2 Å². The van der Waals surface area contributed by atoms with Crippen LogP contribution in [0.4, 0.5) is 0 Å². The zero-order valence-electron chi connectivity index (χ0n) is 16.4. The normalized spacial score (nSPS) is 20.5. The van der Waals surface area contributed by atoms with Gasteiger partial charge in [-0.15, -0.1) is 0 Å². The van der Waals surface area contributed by atoms with Crippen LogP contribution in [0, 0.1) is 5.92 Å². The van der Waals surface area contributed by atoms with E-state index < -0.39 is 5.54 Å². The lowest BCUT2D eigenvalue weighted by atomic mass is 9.84. The molecule has 2 fully saturated rings. The van der Waals surface area contributed by atoms with Gasteiger partial charge >= 0.3 is 0 Å². The van der Waals surface area contributed by atoms with Crippen LogP contribution in [0.5, 0.6) is 0 Å². The van der Waals surface area contributed by atoms with Crippen molar-refractivity contribution in [1.29, 1.82) is 0 Å². The second kappa shape index (κ2) is 7.78. The molecule has 1 N–H and O–H groups in total. The van der Waals surface area contributed by atoms with Gasteiger partial charge in [-0.1, -0.05) is 73.5 Å². The Morgan fingerprint density at radius 3 is 2.04 bits per heavy atom. The monoisotopic (exact) mass is 376 g/mol. The van der Waals surface area contributed by atoms with Crippen molar-refractivity contribution in [3.8, 4) is 0 Å². The molecule has 0 bridgehead atoms. The Hall–Kier alpha value is -2.62. The van der Waals surface area contributed by atoms with Crippen molar-refractivity contribution >= 4 is 11.8 Å². The van der Waals surface area contributed by atoms with Crippen LogP contribution in [0.3, 0.4) is 0 Å². The molecule has 1 saturated carbocycles. The molecule has 0 radical (unpaired) electrons. The van der Waals surface area contributed by atoms with Crippen LogP contribution in [0.15, 0.2) is 60.7 Å². The average molecular weight is 376 g/mol. The third-order valence-electron chi connectivity index (χ3n) is 6.37. The Bertz CT molecular complexity index is 789. The highest BCUT2D eigenvalue weighted by atomic mass is 16.2. The lowest BCUT2D eigenvalue weighted by Gasteiger charge is -2.33. The highest BCUT2D eigenvalue weighted by Gasteiger charge is 2.41. The molecule has 0 aromatic heterocycles. The number of hydrogen-bond donors (Lipinski definition) is 1. The van der Waals surface area contributed by atoms with Crippen molar-refractivity contribution in [3.63, 3.8) is 0 Å². The van der Waals surface area contributed by atoms with Crippen molar-refractivity contribution < 1.29 is 9.59 Å². The van der Waals surface area contributed by atoms with Crippen LogP contribution in [-0.4, -0.2) is 29.3 Å². The van der Waals surface area contributed by atoms with Gasteiger partial charge in [0.25, 0.3) is 0 Å². The molecular formula is C24H28N2O2. The zero-order valence-corrected chi connectivity index (χ0v) is 16.4. The lowest BCUT2D eigenvalue weighted by molar-refractivity contribution is -0.130. The van der Waals surface area contributed by atoms with Gasteiger partial charge in [0.05, 0.1) is 11.5 Å². The predicted octanol–water partition coefficient (Wildman–Crippen LogP) is 3.86. The van der Waals surface area contributed by atoms with Gasteiger partial charge in [-0.3, -0.25) is 9.59 Å². The number of nitrogens with zero attached hydrogens (tertiary/aromatic N) is 1. The molecule has 28 heavy (non-hydrogen) atoms. The first-order valence-corrected chi connectivity index (χ1v) is 10.3.